The predicted octanol–water partition coefficient (Wildman–Crippen LogP) is 4.59. The monoisotopic (exact) mass is 383 g/mol. The van der Waals surface area contributed by atoms with E-state index in [-0.39, 0.29) is 5.91 Å². The van der Waals surface area contributed by atoms with Crippen molar-refractivity contribution in [2.45, 2.75) is 13.8 Å². The van der Waals surface area contributed by atoms with Gasteiger partial charge in [0.1, 0.15) is 11.4 Å². The van der Waals surface area contributed by atoms with E-state index >= 15 is 0 Å². The zero-order chi connectivity index (χ0) is 19.4. The van der Waals surface area contributed by atoms with E-state index < -0.39 is 0 Å². The molecule has 1 amide bonds. The fourth-order valence-electron chi connectivity index (χ4n) is 2.61. The Balaban J connectivity index is 2.01. The number of nitrogens with one attached hydrogen (secondary N) is 1. The molecule has 0 aliphatic rings. The summed E-state index contributed by atoms with van der Waals surface area (Å²) in [6.45, 7) is 4.71. The molecule has 0 atom stereocenters. The van der Waals surface area contributed by atoms with Crippen LogP contribution in [0.2, 0.25) is 5.02 Å². The van der Waals surface area contributed by atoms with Crippen LogP contribution in [0.1, 0.15) is 24.3 Å². The number of rotatable bonds is 6. The van der Waals surface area contributed by atoms with Gasteiger partial charge in [0.05, 0.1) is 18.5 Å². The van der Waals surface area contributed by atoms with Gasteiger partial charge in [-0.2, -0.15) is 5.10 Å². The number of methoxy groups -OCH3 is 1. The number of benzene rings is 2. The van der Waals surface area contributed by atoms with Gasteiger partial charge in [-0.1, -0.05) is 25.4 Å². The molecule has 6 heteroatoms. The second-order valence-corrected chi connectivity index (χ2v) is 7.07. The molecule has 27 heavy (non-hydrogen) atoms. The second-order valence-electron chi connectivity index (χ2n) is 6.64. The van der Waals surface area contributed by atoms with Gasteiger partial charge in [0, 0.05) is 17.1 Å². The van der Waals surface area contributed by atoms with Gasteiger partial charge >= 0.3 is 0 Å². The molecule has 0 saturated heterocycles. The Morgan fingerprint density at radius 1 is 1.15 bits per heavy atom. The van der Waals surface area contributed by atoms with Gasteiger partial charge in [0.25, 0.3) is 5.91 Å². The Kier molecular flexibility index (Phi) is 5.81. The number of carbonyl (C=O) groups excluding carboxylic acids is 1. The zero-order valence-corrected chi connectivity index (χ0v) is 16.3. The van der Waals surface area contributed by atoms with Gasteiger partial charge in [0.15, 0.2) is 0 Å². The second kappa shape index (κ2) is 8.27. The highest BCUT2D eigenvalue weighted by Crippen LogP contribution is 2.24. The van der Waals surface area contributed by atoms with Crippen LogP contribution in [-0.4, -0.2) is 29.3 Å². The minimum absolute atomic E-state index is 0.161. The van der Waals surface area contributed by atoms with Crippen molar-refractivity contribution in [2.24, 2.45) is 5.92 Å². The van der Waals surface area contributed by atoms with E-state index in [4.69, 9.17) is 16.3 Å². The molecule has 140 valence electrons. The minimum Gasteiger partial charge on any atom is -0.497 e. The third-order valence-electron chi connectivity index (χ3n) is 4.07. The van der Waals surface area contributed by atoms with Crippen molar-refractivity contribution in [3.8, 4) is 22.7 Å². The summed E-state index contributed by atoms with van der Waals surface area (Å²) < 4.78 is 6.85. The van der Waals surface area contributed by atoms with Crippen LogP contribution in [0.4, 0.5) is 0 Å². The Labute approximate surface area is 163 Å². The lowest BCUT2D eigenvalue weighted by atomic mass is 10.1. The molecule has 3 rings (SSSR count). The van der Waals surface area contributed by atoms with Crippen LogP contribution in [0.15, 0.2) is 54.6 Å². The summed E-state index contributed by atoms with van der Waals surface area (Å²) in [4.78, 5) is 12.7. The van der Waals surface area contributed by atoms with Crippen LogP contribution < -0.4 is 10.1 Å². The van der Waals surface area contributed by atoms with Crippen LogP contribution >= 0.6 is 11.6 Å². The molecule has 0 aliphatic heterocycles. The maximum atomic E-state index is 12.7. The quantitative estimate of drug-likeness (QED) is 0.677. The van der Waals surface area contributed by atoms with Crippen molar-refractivity contribution in [3.05, 3.63) is 65.3 Å². The number of aromatic nitrogens is 2. The average Bonchev–Trinajstić information content (AvgIpc) is 3.12. The van der Waals surface area contributed by atoms with E-state index in [2.05, 4.69) is 24.3 Å². The molecule has 5 nitrogen and oxygen atoms in total. The molecule has 2 aromatic carbocycles. The molecule has 0 unspecified atom stereocenters. The first-order chi connectivity index (χ1) is 13.0. The molecule has 0 bridgehead atoms. The Bertz CT molecular complexity index is 916. The molecule has 3 aromatic rings. The van der Waals surface area contributed by atoms with Crippen LogP contribution in [0.25, 0.3) is 16.9 Å². The smallest absolute Gasteiger partial charge is 0.270 e. The number of hydrogen-bond acceptors (Lipinski definition) is 3. The summed E-state index contributed by atoms with van der Waals surface area (Å²) in [6.07, 6.45) is 0. The lowest BCUT2D eigenvalue weighted by Crippen LogP contribution is -2.29. The van der Waals surface area contributed by atoms with Crippen LogP contribution in [-0.2, 0) is 0 Å². The standard InChI is InChI=1S/C21H22ClN3O2/c1-14(2)13-23-21(26)20-12-19(15-4-10-18(27-3)11-5-15)24-25(20)17-8-6-16(22)7-9-17/h4-12,14H,13H2,1-3H3,(H,23,26). The highest BCUT2D eigenvalue weighted by molar-refractivity contribution is 6.30. The Morgan fingerprint density at radius 3 is 2.41 bits per heavy atom. The van der Waals surface area contributed by atoms with Crippen molar-refractivity contribution in [1.29, 1.82) is 0 Å². The largest absolute Gasteiger partial charge is 0.497 e. The van der Waals surface area contributed by atoms with E-state index in [1.165, 1.54) is 0 Å². The summed E-state index contributed by atoms with van der Waals surface area (Å²) in [5.41, 5.74) is 2.86. The van der Waals surface area contributed by atoms with E-state index in [0.29, 0.717) is 28.9 Å². The summed E-state index contributed by atoms with van der Waals surface area (Å²) in [5, 5.41) is 8.24. The van der Waals surface area contributed by atoms with Crippen molar-refractivity contribution >= 4 is 17.5 Å². The third-order valence-corrected chi connectivity index (χ3v) is 4.32. The molecule has 0 radical (unpaired) electrons. The molecular weight excluding hydrogens is 362 g/mol. The highest BCUT2D eigenvalue weighted by Gasteiger charge is 2.18. The Morgan fingerprint density at radius 2 is 1.81 bits per heavy atom. The van der Waals surface area contributed by atoms with Crippen molar-refractivity contribution < 1.29 is 9.53 Å². The molecule has 0 saturated carbocycles. The number of amides is 1. The summed E-state index contributed by atoms with van der Waals surface area (Å²) in [5.74, 6) is 0.971. The molecule has 0 spiro atoms. The third kappa shape index (κ3) is 4.49. The molecule has 1 aromatic heterocycles. The first-order valence-corrected chi connectivity index (χ1v) is 9.14. The van der Waals surface area contributed by atoms with Crippen LogP contribution in [0, 0.1) is 5.92 Å². The molecule has 1 heterocycles. The molecule has 0 aliphatic carbocycles. The van der Waals surface area contributed by atoms with Crippen molar-refractivity contribution in [2.75, 3.05) is 13.7 Å². The summed E-state index contributed by atoms with van der Waals surface area (Å²) >= 11 is 5.99. The average molecular weight is 384 g/mol. The Hall–Kier alpha value is -2.79. The van der Waals surface area contributed by atoms with Gasteiger partial charge in [-0.05, 0) is 60.5 Å². The molecule has 1 N–H and O–H groups in total. The van der Waals surface area contributed by atoms with E-state index in [9.17, 15) is 4.79 Å². The summed E-state index contributed by atoms with van der Waals surface area (Å²) in [7, 11) is 1.63. The SMILES string of the molecule is COc1ccc(-c2cc(C(=O)NCC(C)C)n(-c3ccc(Cl)cc3)n2)cc1. The lowest BCUT2D eigenvalue weighted by Gasteiger charge is -2.09. The van der Waals surface area contributed by atoms with Crippen LogP contribution in [0.5, 0.6) is 5.75 Å². The fourth-order valence-corrected chi connectivity index (χ4v) is 2.74. The zero-order valence-electron chi connectivity index (χ0n) is 15.6. The number of ether oxygens (including phenoxy) is 1. The lowest BCUT2D eigenvalue weighted by molar-refractivity contribution is 0.0941. The first-order valence-electron chi connectivity index (χ1n) is 8.76. The van der Waals surface area contributed by atoms with E-state index in [1.807, 2.05) is 36.4 Å². The first kappa shape index (κ1) is 19.0. The predicted molar refractivity (Wildman–Crippen MR) is 108 cm³/mol. The number of carbonyl (C=O) groups is 1. The normalized spacial score (nSPS) is 10.9. The maximum Gasteiger partial charge on any atom is 0.270 e. The van der Waals surface area contributed by atoms with Gasteiger partial charge in [-0.15, -0.1) is 0 Å². The van der Waals surface area contributed by atoms with Gasteiger partial charge < -0.3 is 10.1 Å². The van der Waals surface area contributed by atoms with E-state index in [0.717, 1.165) is 17.0 Å². The van der Waals surface area contributed by atoms with Crippen molar-refractivity contribution in [1.82, 2.24) is 15.1 Å². The molecule has 0 fully saturated rings. The number of halogens is 1. The maximum absolute atomic E-state index is 12.7. The summed E-state index contributed by atoms with van der Waals surface area (Å²) in [6, 6.07) is 16.6. The van der Waals surface area contributed by atoms with Gasteiger partial charge in [-0.25, -0.2) is 4.68 Å². The van der Waals surface area contributed by atoms with Gasteiger partial charge in [-0.3, -0.25) is 4.79 Å². The molecular formula is C21H22ClN3O2. The van der Waals surface area contributed by atoms with E-state index in [1.54, 1.807) is 30.0 Å². The minimum atomic E-state index is -0.161. The van der Waals surface area contributed by atoms with Crippen molar-refractivity contribution in [3.63, 3.8) is 0 Å². The van der Waals surface area contributed by atoms with Gasteiger partial charge in [0.2, 0.25) is 0 Å². The topological polar surface area (TPSA) is 56.1 Å². The number of nitrogens with zero attached hydrogens (tertiary/aromatic N) is 2. The fraction of sp³-hybridized carbons (Fsp3) is 0.238. The highest BCUT2D eigenvalue weighted by atomic mass is 35.5. The number of hydrogen-bond donors (Lipinski definition) is 1. The van der Waals surface area contributed by atoms with Crippen LogP contribution in [0.3, 0.4) is 0 Å².